The van der Waals surface area contributed by atoms with E-state index in [1.165, 1.54) is 11.8 Å². The van der Waals surface area contributed by atoms with Crippen LogP contribution >= 0.6 is 11.8 Å². The van der Waals surface area contributed by atoms with E-state index in [1.54, 1.807) is 36.2 Å². The summed E-state index contributed by atoms with van der Waals surface area (Å²) < 4.78 is 5.40. The first kappa shape index (κ1) is 18.1. The third kappa shape index (κ3) is 3.75. The number of amidine groups is 1. The molecule has 0 radical (unpaired) electrons. The van der Waals surface area contributed by atoms with Gasteiger partial charge in [0.2, 0.25) is 0 Å². The number of phenolic OH excluding ortho intramolecular Hbond substituents is 1. The van der Waals surface area contributed by atoms with E-state index in [0.29, 0.717) is 22.4 Å². The van der Waals surface area contributed by atoms with Crippen LogP contribution in [0.1, 0.15) is 18.1 Å². The highest BCUT2D eigenvalue weighted by Crippen LogP contribution is 2.35. The highest BCUT2D eigenvalue weighted by molar-refractivity contribution is 8.18. The first-order chi connectivity index (χ1) is 12.5. The molecule has 0 aromatic heterocycles. The molecule has 0 saturated carbocycles. The van der Waals surface area contributed by atoms with E-state index in [9.17, 15) is 9.90 Å². The number of amides is 1. The van der Waals surface area contributed by atoms with Gasteiger partial charge in [-0.3, -0.25) is 9.69 Å². The number of aliphatic imine (C=N–C) groups is 1. The topological polar surface area (TPSA) is 62.1 Å². The number of aryl methyl sites for hydroxylation is 1. The molecule has 1 heterocycles. The Labute approximate surface area is 157 Å². The van der Waals surface area contributed by atoms with Crippen molar-refractivity contribution in [3.8, 4) is 11.5 Å². The van der Waals surface area contributed by atoms with Crippen molar-refractivity contribution in [3.63, 3.8) is 0 Å². The van der Waals surface area contributed by atoms with Crippen LogP contribution in [0.4, 0.5) is 5.69 Å². The lowest BCUT2D eigenvalue weighted by atomic mass is 10.2. The summed E-state index contributed by atoms with van der Waals surface area (Å²) in [7, 11) is 1.72. The molecular formula is C20H20N2O3S. The Morgan fingerprint density at radius 1 is 1.27 bits per heavy atom. The maximum atomic E-state index is 12.5. The predicted molar refractivity (Wildman–Crippen MR) is 106 cm³/mol. The number of phenols is 1. The normalized spacial score (nSPS) is 17.3. The molecule has 3 rings (SSSR count). The summed E-state index contributed by atoms with van der Waals surface area (Å²) in [6.07, 6.45) is 1.78. The van der Waals surface area contributed by atoms with Crippen molar-refractivity contribution >= 4 is 34.6 Å². The summed E-state index contributed by atoms with van der Waals surface area (Å²) in [5, 5.41) is 10.4. The standard InChI is InChI=1S/C20H20N2O3S/c1-4-25-17-11-14(9-10-16(17)23)12-18-19(24)22(3)20(26-18)21-15-8-6-5-7-13(15)2/h5-12,23H,4H2,1-3H3/b18-12+,21-20?. The van der Waals surface area contributed by atoms with E-state index in [2.05, 4.69) is 4.99 Å². The van der Waals surface area contributed by atoms with Crippen molar-refractivity contribution in [2.75, 3.05) is 13.7 Å². The maximum absolute atomic E-state index is 12.5. The van der Waals surface area contributed by atoms with Gasteiger partial charge in [-0.25, -0.2) is 4.99 Å². The Morgan fingerprint density at radius 2 is 2.04 bits per heavy atom. The smallest absolute Gasteiger partial charge is 0.266 e. The lowest BCUT2D eigenvalue weighted by Gasteiger charge is -2.08. The molecule has 0 aliphatic carbocycles. The van der Waals surface area contributed by atoms with Gasteiger partial charge in [0.1, 0.15) is 0 Å². The molecule has 26 heavy (non-hydrogen) atoms. The number of para-hydroxylation sites is 1. The lowest BCUT2D eigenvalue weighted by molar-refractivity contribution is -0.121. The Morgan fingerprint density at radius 3 is 2.77 bits per heavy atom. The molecule has 2 aromatic rings. The number of nitrogens with zero attached hydrogens (tertiary/aromatic N) is 2. The van der Waals surface area contributed by atoms with Crippen molar-refractivity contribution in [3.05, 3.63) is 58.5 Å². The van der Waals surface area contributed by atoms with Gasteiger partial charge in [0.15, 0.2) is 16.7 Å². The van der Waals surface area contributed by atoms with E-state index in [0.717, 1.165) is 16.8 Å². The fourth-order valence-corrected chi connectivity index (χ4v) is 3.47. The van der Waals surface area contributed by atoms with Crippen molar-refractivity contribution in [1.82, 2.24) is 4.90 Å². The van der Waals surface area contributed by atoms with Gasteiger partial charge in [-0.15, -0.1) is 0 Å². The molecule has 1 saturated heterocycles. The van der Waals surface area contributed by atoms with Crippen molar-refractivity contribution in [2.45, 2.75) is 13.8 Å². The van der Waals surface area contributed by atoms with E-state index in [-0.39, 0.29) is 11.7 Å². The highest BCUT2D eigenvalue weighted by Gasteiger charge is 2.30. The van der Waals surface area contributed by atoms with Crippen LogP contribution in [0, 0.1) is 6.92 Å². The molecule has 1 aliphatic rings. The average Bonchev–Trinajstić information content (AvgIpc) is 2.88. The molecule has 6 heteroatoms. The Bertz CT molecular complexity index is 906. The van der Waals surface area contributed by atoms with Crippen molar-refractivity contribution in [1.29, 1.82) is 0 Å². The molecule has 0 atom stereocenters. The third-order valence-corrected chi connectivity index (χ3v) is 4.98. The monoisotopic (exact) mass is 368 g/mol. The number of ether oxygens (including phenoxy) is 1. The number of aromatic hydroxyl groups is 1. The summed E-state index contributed by atoms with van der Waals surface area (Å²) in [5.41, 5.74) is 2.69. The highest BCUT2D eigenvalue weighted by atomic mass is 32.2. The first-order valence-corrected chi connectivity index (χ1v) is 9.09. The molecular weight excluding hydrogens is 348 g/mol. The number of carbonyl (C=O) groups excluding carboxylic acids is 1. The van der Waals surface area contributed by atoms with Gasteiger partial charge in [0.25, 0.3) is 5.91 Å². The Hall–Kier alpha value is -2.73. The largest absolute Gasteiger partial charge is 0.504 e. The van der Waals surface area contributed by atoms with Gasteiger partial charge in [-0.1, -0.05) is 24.3 Å². The molecule has 0 unspecified atom stereocenters. The molecule has 2 aromatic carbocycles. The summed E-state index contributed by atoms with van der Waals surface area (Å²) in [6, 6.07) is 12.8. The third-order valence-electron chi connectivity index (χ3n) is 3.92. The van der Waals surface area contributed by atoms with Crippen LogP contribution in [0.15, 0.2) is 52.4 Å². The zero-order chi connectivity index (χ0) is 18.7. The second-order valence-corrected chi connectivity index (χ2v) is 6.82. The second kappa shape index (κ2) is 7.66. The number of thioether (sulfide) groups is 1. The van der Waals surface area contributed by atoms with Crippen molar-refractivity contribution in [2.24, 2.45) is 4.99 Å². The fourth-order valence-electron chi connectivity index (χ4n) is 2.49. The molecule has 1 fully saturated rings. The van der Waals surface area contributed by atoms with Gasteiger partial charge in [-0.2, -0.15) is 0 Å². The maximum Gasteiger partial charge on any atom is 0.266 e. The van der Waals surface area contributed by atoms with Crippen LogP contribution < -0.4 is 4.74 Å². The number of rotatable bonds is 4. The summed E-state index contributed by atoms with van der Waals surface area (Å²) >= 11 is 1.33. The molecule has 134 valence electrons. The van der Waals surface area contributed by atoms with Gasteiger partial charge in [0.05, 0.1) is 17.2 Å². The van der Waals surface area contributed by atoms with Gasteiger partial charge < -0.3 is 9.84 Å². The molecule has 1 amide bonds. The average molecular weight is 368 g/mol. The second-order valence-electron chi connectivity index (χ2n) is 5.82. The quantitative estimate of drug-likeness (QED) is 0.816. The summed E-state index contributed by atoms with van der Waals surface area (Å²) in [6.45, 7) is 4.30. The first-order valence-electron chi connectivity index (χ1n) is 8.27. The fraction of sp³-hybridized carbons (Fsp3) is 0.200. The van der Waals surface area contributed by atoms with Crippen LogP contribution in [0.5, 0.6) is 11.5 Å². The van der Waals surface area contributed by atoms with E-state index in [1.807, 2.05) is 38.1 Å². The number of likely N-dealkylation sites (N-methyl/N-ethyl adjacent to an activating group) is 1. The summed E-state index contributed by atoms with van der Waals surface area (Å²) in [5.74, 6) is 0.381. The summed E-state index contributed by atoms with van der Waals surface area (Å²) in [4.78, 5) is 19.3. The van der Waals surface area contributed by atoms with Gasteiger partial charge in [0, 0.05) is 7.05 Å². The minimum Gasteiger partial charge on any atom is -0.504 e. The van der Waals surface area contributed by atoms with Crippen LogP contribution in [0.2, 0.25) is 0 Å². The van der Waals surface area contributed by atoms with Crippen LogP contribution in [0.3, 0.4) is 0 Å². The van der Waals surface area contributed by atoms with Crippen LogP contribution in [-0.4, -0.2) is 34.7 Å². The molecule has 1 N–H and O–H groups in total. The van der Waals surface area contributed by atoms with Gasteiger partial charge in [-0.05, 0) is 61.0 Å². The van der Waals surface area contributed by atoms with E-state index < -0.39 is 0 Å². The van der Waals surface area contributed by atoms with Gasteiger partial charge >= 0.3 is 0 Å². The zero-order valence-corrected chi connectivity index (χ0v) is 15.7. The number of hydrogen-bond donors (Lipinski definition) is 1. The van der Waals surface area contributed by atoms with E-state index in [4.69, 9.17) is 4.74 Å². The lowest BCUT2D eigenvalue weighted by Crippen LogP contribution is -2.23. The Balaban J connectivity index is 1.90. The van der Waals surface area contributed by atoms with Crippen molar-refractivity contribution < 1.29 is 14.6 Å². The molecule has 0 spiro atoms. The zero-order valence-electron chi connectivity index (χ0n) is 14.9. The minimum absolute atomic E-state index is 0.0818. The van der Waals surface area contributed by atoms with E-state index >= 15 is 0 Å². The number of carbonyl (C=O) groups is 1. The van der Waals surface area contributed by atoms with Crippen LogP contribution in [-0.2, 0) is 4.79 Å². The molecule has 0 bridgehead atoms. The molecule has 1 aliphatic heterocycles. The number of benzene rings is 2. The van der Waals surface area contributed by atoms with Crippen LogP contribution in [0.25, 0.3) is 6.08 Å². The SMILES string of the molecule is CCOc1cc(/C=C2/SC(=Nc3ccccc3C)N(C)C2=O)ccc1O. The predicted octanol–water partition coefficient (Wildman–Crippen LogP) is 4.33. The Kier molecular flexibility index (Phi) is 5.32. The molecule has 5 nitrogen and oxygen atoms in total. The minimum atomic E-state index is -0.103. The number of hydrogen-bond acceptors (Lipinski definition) is 5.